The van der Waals surface area contributed by atoms with Gasteiger partial charge < -0.3 is 10.3 Å². The predicted molar refractivity (Wildman–Crippen MR) is 93.2 cm³/mol. The number of hydrogen-bond donors (Lipinski definition) is 2. The van der Waals surface area contributed by atoms with Gasteiger partial charge in [0.05, 0.1) is 0 Å². The van der Waals surface area contributed by atoms with Crippen LogP contribution in [0.25, 0.3) is 10.9 Å². The van der Waals surface area contributed by atoms with Crippen molar-refractivity contribution in [3.05, 3.63) is 35.5 Å². The molecule has 2 nitrogen and oxygen atoms in total. The van der Waals surface area contributed by atoms with E-state index in [0.717, 1.165) is 13.0 Å². The van der Waals surface area contributed by atoms with E-state index in [9.17, 15) is 0 Å². The molecule has 1 aromatic carbocycles. The molecular formula is C16H22N2S2. The number of fused-ring (bicyclic) bond motifs is 1. The molecule has 0 atom stereocenters. The van der Waals surface area contributed by atoms with E-state index in [1.165, 1.54) is 45.0 Å². The molecule has 0 radical (unpaired) electrons. The molecule has 108 valence electrons. The molecule has 1 fully saturated rings. The van der Waals surface area contributed by atoms with Crippen molar-refractivity contribution in [2.24, 2.45) is 0 Å². The summed E-state index contributed by atoms with van der Waals surface area (Å²) in [6, 6.07) is 7.23. The van der Waals surface area contributed by atoms with Crippen molar-refractivity contribution >= 4 is 34.4 Å². The minimum atomic E-state index is 0.680. The summed E-state index contributed by atoms with van der Waals surface area (Å²) in [5, 5.41) is 5.11. The lowest BCUT2D eigenvalue weighted by atomic mass is 10.1. The Bertz CT molecular complexity index is 557. The predicted octanol–water partition coefficient (Wildman–Crippen LogP) is 3.46. The number of aryl methyl sites for hydroxylation is 1. The van der Waals surface area contributed by atoms with Crippen molar-refractivity contribution in [2.75, 3.05) is 29.6 Å². The molecule has 0 amide bonds. The number of thioether (sulfide) groups is 2. The number of aromatic nitrogens is 1. The normalized spacial score (nSPS) is 17.4. The maximum absolute atomic E-state index is 3.72. The van der Waals surface area contributed by atoms with E-state index in [2.05, 4.69) is 65.1 Å². The molecule has 2 heterocycles. The standard InChI is InChI=1S/C16H22N2S2/c1-12-3-2-4-15-13(9-18-16(12)15)5-6-17-14-10-19-7-8-20-11-14/h2-4,9,14,17-18H,5-8,10-11H2,1H3. The number of benzene rings is 1. The molecule has 2 aromatic rings. The Hall–Kier alpha value is -0.580. The van der Waals surface area contributed by atoms with Crippen LogP contribution < -0.4 is 5.32 Å². The molecule has 0 saturated carbocycles. The van der Waals surface area contributed by atoms with Crippen molar-refractivity contribution < 1.29 is 0 Å². The Morgan fingerprint density at radius 1 is 1.25 bits per heavy atom. The third kappa shape index (κ3) is 3.35. The highest BCUT2D eigenvalue weighted by Crippen LogP contribution is 2.21. The number of rotatable bonds is 4. The summed E-state index contributed by atoms with van der Waals surface area (Å²) in [6.07, 6.45) is 3.28. The second-order valence-electron chi connectivity index (χ2n) is 5.36. The second-order valence-corrected chi connectivity index (χ2v) is 7.66. The van der Waals surface area contributed by atoms with Crippen molar-refractivity contribution in [1.82, 2.24) is 10.3 Å². The van der Waals surface area contributed by atoms with E-state index in [-0.39, 0.29) is 0 Å². The summed E-state index contributed by atoms with van der Waals surface area (Å²) in [4.78, 5) is 3.42. The van der Waals surface area contributed by atoms with E-state index in [0.29, 0.717) is 6.04 Å². The molecule has 20 heavy (non-hydrogen) atoms. The van der Waals surface area contributed by atoms with Gasteiger partial charge in [0, 0.05) is 46.2 Å². The van der Waals surface area contributed by atoms with Gasteiger partial charge in [-0.1, -0.05) is 18.2 Å². The zero-order valence-corrected chi connectivity index (χ0v) is 13.6. The first kappa shape index (κ1) is 14.4. The van der Waals surface area contributed by atoms with Crippen LogP contribution in [0.1, 0.15) is 11.1 Å². The Kier molecular flexibility index (Phi) is 4.97. The molecule has 0 aliphatic carbocycles. The molecule has 0 unspecified atom stereocenters. The molecule has 1 aliphatic heterocycles. The molecule has 0 bridgehead atoms. The van der Waals surface area contributed by atoms with Gasteiger partial charge in [0.1, 0.15) is 0 Å². The zero-order chi connectivity index (χ0) is 13.8. The van der Waals surface area contributed by atoms with Crippen molar-refractivity contribution in [2.45, 2.75) is 19.4 Å². The Morgan fingerprint density at radius 2 is 2.05 bits per heavy atom. The summed E-state index contributed by atoms with van der Waals surface area (Å²) >= 11 is 4.17. The minimum Gasteiger partial charge on any atom is -0.361 e. The smallest absolute Gasteiger partial charge is 0.0486 e. The van der Waals surface area contributed by atoms with Crippen LogP contribution in [0.15, 0.2) is 24.4 Å². The van der Waals surface area contributed by atoms with E-state index in [1.54, 1.807) is 0 Å². The maximum atomic E-state index is 3.72. The van der Waals surface area contributed by atoms with Gasteiger partial charge >= 0.3 is 0 Å². The average molecular weight is 307 g/mol. The molecule has 0 spiro atoms. The van der Waals surface area contributed by atoms with Crippen LogP contribution in [0.4, 0.5) is 0 Å². The molecule has 1 aliphatic rings. The summed E-state index contributed by atoms with van der Waals surface area (Å²) in [6.45, 7) is 3.24. The van der Waals surface area contributed by atoms with Crippen LogP contribution >= 0.6 is 23.5 Å². The Morgan fingerprint density at radius 3 is 2.85 bits per heavy atom. The average Bonchev–Trinajstić information content (AvgIpc) is 2.70. The fourth-order valence-electron chi connectivity index (χ4n) is 2.72. The fraction of sp³-hybridized carbons (Fsp3) is 0.500. The van der Waals surface area contributed by atoms with Crippen LogP contribution in [-0.4, -0.2) is 40.6 Å². The van der Waals surface area contributed by atoms with Crippen molar-refractivity contribution in [3.8, 4) is 0 Å². The third-order valence-corrected chi connectivity index (χ3v) is 6.37. The minimum absolute atomic E-state index is 0.680. The number of nitrogens with one attached hydrogen (secondary N) is 2. The summed E-state index contributed by atoms with van der Waals surface area (Å²) in [5.41, 5.74) is 4.06. The second kappa shape index (κ2) is 6.92. The van der Waals surface area contributed by atoms with Gasteiger partial charge in [-0.15, -0.1) is 0 Å². The number of hydrogen-bond acceptors (Lipinski definition) is 3. The van der Waals surface area contributed by atoms with Crippen molar-refractivity contribution in [1.29, 1.82) is 0 Å². The van der Waals surface area contributed by atoms with E-state index < -0.39 is 0 Å². The SMILES string of the molecule is Cc1cccc2c(CCNC3CSCCSC3)c[nH]c12. The fourth-order valence-corrected chi connectivity index (χ4v) is 5.18. The lowest BCUT2D eigenvalue weighted by Gasteiger charge is -2.15. The molecule has 1 saturated heterocycles. The van der Waals surface area contributed by atoms with Gasteiger partial charge in [-0.2, -0.15) is 23.5 Å². The van der Waals surface area contributed by atoms with Gasteiger partial charge in [0.2, 0.25) is 0 Å². The number of H-pyrrole nitrogens is 1. The lowest BCUT2D eigenvalue weighted by molar-refractivity contribution is 0.605. The first-order chi connectivity index (χ1) is 9.84. The Balaban J connectivity index is 1.58. The summed E-state index contributed by atoms with van der Waals surface area (Å²) in [5.74, 6) is 5.15. The van der Waals surface area contributed by atoms with Crippen LogP contribution in [0.3, 0.4) is 0 Å². The summed E-state index contributed by atoms with van der Waals surface area (Å²) < 4.78 is 0. The lowest BCUT2D eigenvalue weighted by Crippen LogP contribution is -2.34. The Labute approximate surface area is 129 Å². The van der Waals surface area contributed by atoms with E-state index in [1.807, 2.05) is 0 Å². The van der Waals surface area contributed by atoms with Crippen LogP contribution in [-0.2, 0) is 6.42 Å². The highest BCUT2D eigenvalue weighted by atomic mass is 32.2. The summed E-state index contributed by atoms with van der Waals surface area (Å²) in [7, 11) is 0. The van der Waals surface area contributed by atoms with Gasteiger partial charge in [-0.25, -0.2) is 0 Å². The molecular weight excluding hydrogens is 284 g/mol. The number of aromatic amines is 1. The third-order valence-electron chi connectivity index (χ3n) is 3.85. The first-order valence-electron chi connectivity index (χ1n) is 7.29. The molecule has 3 rings (SSSR count). The van der Waals surface area contributed by atoms with Crippen molar-refractivity contribution in [3.63, 3.8) is 0 Å². The molecule has 2 N–H and O–H groups in total. The zero-order valence-electron chi connectivity index (χ0n) is 11.9. The highest BCUT2D eigenvalue weighted by molar-refractivity contribution is 8.03. The number of para-hydroxylation sites is 1. The van der Waals surface area contributed by atoms with Crippen LogP contribution in [0.2, 0.25) is 0 Å². The largest absolute Gasteiger partial charge is 0.361 e. The van der Waals surface area contributed by atoms with Gasteiger partial charge in [0.15, 0.2) is 0 Å². The van der Waals surface area contributed by atoms with Crippen LogP contribution in [0, 0.1) is 6.92 Å². The molecule has 4 heteroatoms. The maximum Gasteiger partial charge on any atom is 0.0486 e. The quantitative estimate of drug-likeness (QED) is 0.906. The van der Waals surface area contributed by atoms with Gasteiger partial charge in [0.25, 0.3) is 0 Å². The first-order valence-corrected chi connectivity index (χ1v) is 9.60. The topological polar surface area (TPSA) is 27.8 Å². The van der Waals surface area contributed by atoms with E-state index in [4.69, 9.17) is 0 Å². The van der Waals surface area contributed by atoms with E-state index >= 15 is 0 Å². The molecule has 1 aromatic heterocycles. The van der Waals surface area contributed by atoms with Crippen LogP contribution in [0.5, 0.6) is 0 Å². The monoisotopic (exact) mass is 306 g/mol. The van der Waals surface area contributed by atoms with Gasteiger partial charge in [-0.3, -0.25) is 0 Å². The van der Waals surface area contributed by atoms with Gasteiger partial charge in [-0.05, 0) is 31.0 Å². The highest BCUT2D eigenvalue weighted by Gasteiger charge is 2.12.